The molecule has 6 nitrogen and oxygen atoms in total. The molecule has 1 unspecified atom stereocenters. The van der Waals surface area contributed by atoms with Gasteiger partial charge in [0, 0.05) is 31.8 Å². The summed E-state index contributed by atoms with van der Waals surface area (Å²) in [5, 5.41) is 14.6. The van der Waals surface area contributed by atoms with Crippen molar-refractivity contribution in [1.29, 1.82) is 0 Å². The minimum absolute atomic E-state index is 0.125. The number of rotatable bonds is 6. The van der Waals surface area contributed by atoms with Gasteiger partial charge >= 0.3 is 0 Å². The Morgan fingerprint density at radius 1 is 1.32 bits per heavy atom. The molecule has 1 aromatic rings. The Hall–Kier alpha value is -1.92. The Labute approximate surface area is 111 Å². The van der Waals surface area contributed by atoms with Gasteiger partial charge in [-0.25, -0.2) is 0 Å². The molecule has 0 saturated heterocycles. The van der Waals surface area contributed by atoms with Gasteiger partial charge in [-0.15, -0.1) is 0 Å². The summed E-state index contributed by atoms with van der Waals surface area (Å²) >= 11 is 0. The second kappa shape index (κ2) is 7.50. The molecule has 1 atom stereocenters. The fourth-order valence-corrected chi connectivity index (χ4v) is 1.47. The second-order valence-electron chi connectivity index (χ2n) is 4.08. The van der Waals surface area contributed by atoms with Crippen LogP contribution in [0, 0.1) is 0 Å². The van der Waals surface area contributed by atoms with Crippen molar-refractivity contribution >= 4 is 17.5 Å². The molecule has 1 aromatic carbocycles. The van der Waals surface area contributed by atoms with Gasteiger partial charge in [-0.05, 0) is 24.3 Å². The number of aliphatic hydroxyl groups excluding tert-OH is 1. The molecule has 0 aliphatic rings. The average molecular weight is 266 g/mol. The maximum atomic E-state index is 11.7. The van der Waals surface area contributed by atoms with Crippen LogP contribution < -0.4 is 10.6 Å². The Bertz CT molecular complexity index is 431. The van der Waals surface area contributed by atoms with Crippen molar-refractivity contribution in [2.45, 2.75) is 13.0 Å². The molecule has 0 aliphatic heterocycles. The minimum atomic E-state index is -0.729. The molecule has 0 spiro atoms. The predicted molar refractivity (Wildman–Crippen MR) is 71.0 cm³/mol. The second-order valence-corrected chi connectivity index (χ2v) is 4.08. The van der Waals surface area contributed by atoms with Crippen LogP contribution in [0.1, 0.15) is 17.3 Å². The first-order chi connectivity index (χ1) is 9.02. The normalized spacial score (nSPS) is 11.7. The van der Waals surface area contributed by atoms with Crippen LogP contribution in [0.25, 0.3) is 0 Å². The van der Waals surface area contributed by atoms with Gasteiger partial charge in [0.15, 0.2) is 0 Å². The summed E-state index contributed by atoms with van der Waals surface area (Å²) < 4.78 is 4.75. The number of nitrogens with one attached hydrogen (secondary N) is 2. The number of amides is 2. The molecule has 3 N–H and O–H groups in total. The smallest absolute Gasteiger partial charge is 0.251 e. The van der Waals surface area contributed by atoms with E-state index >= 15 is 0 Å². The van der Waals surface area contributed by atoms with Gasteiger partial charge in [-0.1, -0.05) is 0 Å². The number of aliphatic hydroxyl groups is 1. The van der Waals surface area contributed by atoms with Crippen LogP contribution >= 0.6 is 0 Å². The van der Waals surface area contributed by atoms with Crippen molar-refractivity contribution in [2.75, 3.05) is 25.6 Å². The first-order valence-corrected chi connectivity index (χ1v) is 5.85. The average Bonchev–Trinajstić information content (AvgIpc) is 2.36. The van der Waals surface area contributed by atoms with E-state index < -0.39 is 6.10 Å². The van der Waals surface area contributed by atoms with Crippen molar-refractivity contribution in [3.8, 4) is 0 Å². The third-order valence-corrected chi connectivity index (χ3v) is 2.32. The molecule has 104 valence electrons. The quantitative estimate of drug-likeness (QED) is 0.694. The third-order valence-electron chi connectivity index (χ3n) is 2.32. The van der Waals surface area contributed by atoms with Crippen LogP contribution in [0.3, 0.4) is 0 Å². The summed E-state index contributed by atoms with van der Waals surface area (Å²) in [5.74, 6) is -0.454. The number of hydrogen-bond donors (Lipinski definition) is 3. The van der Waals surface area contributed by atoms with Crippen molar-refractivity contribution in [3.05, 3.63) is 29.8 Å². The highest BCUT2D eigenvalue weighted by Gasteiger charge is 2.08. The van der Waals surface area contributed by atoms with Crippen molar-refractivity contribution in [1.82, 2.24) is 5.32 Å². The monoisotopic (exact) mass is 266 g/mol. The molecule has 0 aromatic heterocycles. The summed E-state index contributed by atoms with van der Waals surface area (Å²) in [6, 6.07) is 6.48. The molecular formula is C13H18N2O4. The lowest BCUT2D eigenvalue weighted by Crippen LogP contribution is -2.34. The molecule has 0 saturated carbocycles. The van der Waals surface area contributed by atoms with Gasteiger partial charge in [-0.2, -0.15) is 0 Å². The molecule has 2 amide bonds. The Balaban J connectivity index is 2.51. The van der Waals surface area contributed by atoms with Crippen molar-refractivity contribution in [3.63, 3.8) is 0 Å². The van der Waals surface area contributed by atoms with Crippen LogP contribution in [0.15, 0.2) is 24.3 Å². The van der Waals surface area contributed by atoms with E-state index in [0.717, 1.165) is 0 Å². The fraction of sp³-hybridized carbons (Fsp3) is 0.385. The standard InChI is InChI=1S/C13H18N2O4/c1-9(16)15-11-5-3-10(4-6-11)13(18)14-7-12(17)8-19-2/h3-6,12,17H,7-8H2,1-2H3,(H,14,18)(H,15,16). The fourth-order valence-electron chi connectivity index (χ4n) is 1.47. The summed E-state index contributed by atoms with van der Waals surface area (Å²) in [7, 11) is 1.48. The molecule has 0 radical (unpaired) electrons. The lowest BCUT2D eigenvalue weighted by atomic mass is 10.2. The summed E-state index contributed by atoms with van der Waals surface area (Å²) in [6.07, 6.45) is -0.729. The first kappa shape index (κ1) is 15.1. The van der Waals surface area contributed by atoms with Crippen molar-refractivity contribution < 1.29 is 19.4 Å². The molecule has 0 bridgehead atoms. The van der Waals surface area contributed by atoms with Gasteiger partial charge < -0.3 is 20.5 Å². The highest BCUT2D eigenvalue weighted by Crippen LogP contribution is 2.09. The number of carbonyl (C=O) groups is 2. The van der Waals surface area contributed by atoms with Crippen LogP contribution in [0.5, 0.6) is 0 Å². The zero-order chi connectivity index (χ0) is 14.3. The number of hydrogen-bond acceptors (Lipinski definition) is 4. The molecule has 19 heavy (non-hydrogen) atoms. The molecule has 1 rings (SSSR count). The van der Waals surface area contributed by atoms with Crippen LogP contribution in [-0.2, 0) is 9.53 Å². The highest BCUT2D eigenvalue weighted by molar-refractivity contribution is 5.95. The molecule has 6 heteroatoms. The van der Waals surface area contributed by atoms with E-state index in [9.17, 15) is 14.7 Å². The lowest BCUT2D eigenvalue weighted by molar-refractivity contribution is -0.114. The van der Waals surface area contributed by atoms with E-state index in [-0.39, 0.29) is 25.0 Å². The van der Waals surface area contributed by atoms with Gasteiger partial charge in [0.1, 0.15) is 0 Å². The van der Waals surface area contributed by atoms with Gasteiger partial charge in [0.25, 0.3) is 5.91 Å². The summed E-state index contributed by atoms with van der Waals surface area (Å²) in [6.45, 7) is 1.71. The largest absolute Gasteiger partial charge is 0.389 e. The Morgan fingerprint density at radius 3 is 2.47 bits per heavy atom. The first-order valence-electron chi connectivity index (χ1n) is 5.85. The predicted octanol–water partition coefficient (Wildman–Crippen LogP) is 0.382. The molecule has 0 aliphatic carbocycles. The Kier molecular flexibility index (Phi) is 5.98. The lowest BCUT2D eigenvalue weighted by Gasteiger charge is -2.11. The maximum absolute atomic E-state index is 11.7. The molecule has 0 heterocycles. The van der Waals surface area contributed by atoms with E-state index in [0.29, 0.717) is 11.3 Å². The number of benzene rings is 1. The van der Waals surface area contributed by atoms with Crippen molar-refractivity contribution in [2.24, 2.45) is 0 Å². The Morgan fingerprint density at radius 2 is 1.95 bits per heavy atom. The number of anilines is 1. The van der Waals surface area contributed by atoms with E-state index in [1.165, 1.54) is 14.0 Å². The van der Waals surface area contributed by atoms with E-state index in [1.807, 2.05) is 0 Å². The van der Waals surface area contributed by atoms with Gasteiger partial charge in [0.2, 0.25) is 5.91 Å². The summed E-state index contributed by atoms with van der Waals surface area (Å²) in [4.78, 5) is 22.6. The van der Waals surface area contributed by atoms with E-state index in [1.54, 1.807) is 24.3 Å². The van der Waals surface area contributed by atoms with Crippen LogP contribution in [0.4, 0.5) is 5.69 Å². The molecular weight excluding hydrogens is 248 g/mol. The van der Waals surface area contributed by atoms with Crippen LogP contribution in [-0.4, -0.2) is 43.3 Å². The number of methoxy groups -OCH3 is 1. The van der Waals surface area contributed by atoms with E-state index in [2.05, 4.69) is 10.6 Å². The van der Waals surface area contributed by atoms with E-state index in [4.69, 9.17) is 4.74 Å². The zero-order valence-corrected chi connectivity index (χ0v) is 11.0. The zero-order valence-electron chi connectivity index (χ0n) is 11.0. The third kappa shape index (κ3) is 5.50. The SMILES string of the molecule is COCC(O)CNC(=O)c1ccc(NC(C)=O)cc1. The van der Waals surface area contributed by atoms with Gasteiger partial charge in [0.05, 0.1) is 12.7 Å². The topological polar surface area (TPSA) is 87.7 Å². The number of carbonyl (C=O) groups excluding carboxylic acids is 2. The number of ether oxygens (including phenoxy) is 1. The maximum Gasteiger partial charge on any atom is 0.251 e. The van der Waals surface area contributed by atoms with Gasteiger partial charge in [-0.3, -0.25) is 9.59 Å². The molecule has 0 fully saturated rings. The minimum Gasteiger partial charge on any atom is -0.389 e. The van der Waals surface area contributed by atoms with Crippen LogP contribution in [0.2, 0.25) is 0 Å². The summed E-state index contributed by atoms with van der Waals surface area (Å²) in [5.41, 5.74) is 1.09. The highest BCUT2D eigenvalue weighted by atomic mass is 16.5.